The van der Waals surface area contributed by atoms with Gasteiger partial charge >= 0.3 is 12.1 Å². The zero-order chi connectivity index (χ0) is 29.5. The van der Waals surface area contributed by atoms with Crippen LogP contribution in [0, 0.1) is 6.92 Å². The van der Waals surface area contributed by atoms with Crippen molar-refractivity contribution >= 4 is 39.8 Å². The first kappa shape index (κ1) is 28.7. The van der Waals surface area contributed by atoms with Crippen LogP contribution in [0.2, 0.25) is 0 Å². The standard InChI is InChI=1S/C27H26F3N5O4S/c1-12(2)15-6-8-16(9-7-15)18-10-19(27(28,29)30)35-23(33-18)17(11-32-35)24(37)34-25-20(26(38)39-13(3)4)14(5)21(40-25)22(31)36/h6-13H,1-5H3,(H2,31,36)(H,34,37). The van der Waals surface area contributed by atoms with Crippen molar-refractivity contribution in [3.8, 4) is 11.3 Å². The van der Waals surface area contributed by atoms with Crippen LogP contribution >= 0.6 is 11.3 Å². The molecule has 9 nitrogen and oxygen atoms in total. The fourth-order valence-electron chi connectivity index (χ4n) is 4.04. The number of nitrogens with two attached hydrogens (primary N) is 1. The van der Waals surface area contributed by atoms with E-state index in [1.165, 1.54) is 6.92 Å². The number of benzene rings is 1. The number of esters is 1. The van der Waals surface area contributed by atoms with E-state index in [9.17, 15) is 27.6 Å². The zero-order valence-corrected chi connectivity index (χ0v) is 23.0. The van der Waals surface area contributed by atoms with Gasteiger partial charge in [0, 0.05) is 5.56 Å². The van der Waals surface area contributed by atoms with Crippen molar-refractivity contribution < 1.29 is 32.3 Å². The normalized spacial score (nSPS) is 11.8. The number of fused-ring (bicyclic) bond motifs is 1. The molecule has 0 spiro atoms. The maximum Gasteiger partial charge on any atom is 0.433 e. The number of amides is 2. The van der Waals surface area contributed by atoms with E-state index in [1.54, 1.807) is 38.1 Å². The van der Waals surface area contributed by atoms with Gasteiger partial charge in [-0.3, -0.25) is 9.59 Å². The van der Waals surface area contributed by atoms with Crippen LogP contribution < -0.4 is 11.1 Å². The maximum absolute atomic E-state index is 14.0. The summed E-state index contributed by atoms with van der Waals surface area (Å²) in [6.45, 7) is 8.72. The summed E-state index contributed by atoms with van der Waals surface area (Å²) in [6, 6.07) is 7.80. The molecular formula is C27H26F3N5O4S. The number of ether oxygens (including phenoxy) is 1. The molecule has 3 heterocycles. The third kappa shape index (κ3) is 5.55. The summed E-state index contributed by atoms with van der Waals surface area (Å²) < 4.78 is 47.9. The molecular weight excluding hydrogens is 547 g/mol. The van der Waals surface area contributed by atoms with Gasteiger partial charge < -0.3 is 15.8 Å². The van der Waals surface area contributed by atoms with Crippen molar-refractivity contribution in [1.29, 1.82) is 0 Å². The number of primary amides is 1. The van der Waals surface area contributed by atoms with Gasteiger partial charge in [0.1, 0.15) is 10.6 Å². The minimum Gasteiger partial charge on any atom is -0.459 e. The predicted octanol–water partition coefficient (Wildman–Crippen LogP) is 5.82. The highest BCUT2D eigenvalue weighted by atomic mass is 32.1. The molecule has 4 aromatic rings. The van der Waals surface area contributed by atoms with E-state index in [4.69, 9.17) is 10.5 Å². The van der Waals surface area contributed by atoms with Gasteiger partial charge in [-0.15, -0.1) is 11.3 Å². The number of alkyl halides is 3. The molecule has 3 aromatic heterocycles. The molecule has 0 aliphatic rings. The molecule has 0 aliphatic carbocycles. The molecule has 0 radical (unpaired) electrons. The number of nitrogens with zero attached hydrogens (tertiary/aromatic N) is 3. The van der Waals surface area contributed by atoms with Gasteiger partial charge in [0.15, 0.2) is 11.3 Å². The quantitative estimate of drug-likeness (QED) is 0.268. The van der Waals surface area contributed by atoms with Crippen LogP contribution in [0.5, 0.6) is 0 Å². The van der Waals surface area contributed by atoms with Crippen molar-refractivity contribution in [2.24, 2.45) is 5.73 Å². The Balaban J connectivity index is 1.82. The van der Waals surface area contributed by atoms with Crippen LogP contribution in [0.1, 0.15) is 80.8 Å². The number of halogens is 3. The Morgan fingerprint density at radius 1 is 1.10 bits per heavy atom. The zero-order valence-electron chi connectivity index (χ0n) is 22.2. The molecule has 0 aliphatic heterocycles. The number of thiophene rings is 1. The Morgan fingerprint density at radius 2 is 1.75 bits per heavy atom. The lowest BCUT2D eigenvalue weighted by Crippen LogP contribution is -2.18. The molecule has 4 rings (SSSR count). The molecule has 1 aromatic carbocycles. The lowest BCUT2D eigenvalue weighted by atomic mass is 10.0. The third-order valence-electron chi connectivity index (χ3n) is 6.02. The summed E-state index contributed by atoms with van der Waals surface area (Å²) >= 11 is 0.757. The summed E-state index contributed by atoms with van der Waals surface area (Å²) in [5, 5.41) is 6.24. The summed E-state index contributed by atoms with van der Waals surface area (Å²) in [6.07, 6.45) is -4.34. The highest BCUT2D eigenvalue weighted by molar-refractivity contribution is 7.18. The second kappa shape index (κ2) is 10.7. The molecule has 2 amide bonds. The lowest BCUT2D eigenvalue weighted by molar-refractivity contribution is -0.142. The topological polar surface area (TPSA) is 129 Å². The van der Waals surface area contributed by atoms with Crippen molar-refractivity contribution in [3.63, 3.8) is 0 Å². The molecule has 0 fully saturated rings. The van der Waals surface area contributed by atoms with E-state index in [-0.39, 0.29) is 43.8 Å². The predicted molar refractivity (Wildman–Crippen MR) is 144 cm³/mol. The smallest absolute Gasteiger partial charge is 0.433 e. The molecule has 0 atom stereocenters. The second-order valence-electron chi connectivity index (χ2n) is 9.63. The Kier molecular flexibility index (Phi) is 7.70. The van der Waals surface area contributed by atoms with E-state index in [0.29, 0.717) is 10.1 Å². The Labute approximate surface area is 231 Å². The minimum absolute atomic E-state index is 0.00568. The lowest BCUT2D eigenvalue weighted by Gasteiger charge is -2.13. The van der Waals surface area contributed by atoms with E-state index in [0.717, 1.165) is 29.2 Å². The van der Waals surface area contributed by atoms with Gasteiger partial charge in [0.05, 0.1) is 28.4 Å². The summed E-state index contributed by atoms with van der Waals surface area (Å²) in [7, 11) is 0. The van der Waals surface area contributed by atoms with Crippen molar-refractivity contribution in [3.05, 3.63) is 69.4 Å². The number of aromatic nitrogens is 3. The highest BCUT2D eigenvalue weighted by Crippen LogP contribution is 2.36. The van der Waals surface area contributed by atoms with Crippen LogP contribution in [-0.4, -0.2) is 38.5 Å². The Bertz CT molecular complexity index is 1620. The van der Waals surface area contributed by atoms with Crippen LogP contribution in [0.3, 0.4) is 0 Å². The SMILES string of the molecule is Cc1c(C(N)=O)sc(NC(=O)c2cnn3c(C(F)(F)F)cc(-c4ccc(C(C)C)cc4)nc23)c1C(=O)OC(C)C. The molecule has 210 valence electrons. The number of hydrogen-bond donors (Lipinski definition) is 2. The average molecular weight is 574 g/mol. The van der Waals surface area contributed by atoms with E-state index < -0.39 is 35.8 Å². The molecule has 0 bridgehead atoms. The molecule has 3 N–H and O–H groups in total. The number of hydrogen-bond acceptors (Lipinski definition) is 7. The van der Waals surface area contributed by atoms with Crippen LogP contribution in [0.25, 0.3) is 16.9 Å². The largest absolute Gasteiger partial charge is 0.459 e. The van der Waals surface area contributed by atoms with Crippen LogP contribution in [0.15, 0.2) is 36.5 Å². The summed E-state index contributed by atoms with van der Waals surface area (Å²) in [5.41, 5.74) is 5.24. The first-order chi connectivity index (χ1) is 18.7. The number of anilines is 1. The second-order valence-corrected chi connectivity index (χ2v) is 10.6. The van der Waals surface area contributed by atoms with Crippen molar-refractivity contribution in [2.75, 3.05) is 5.32 Å². The first-order valence-electron chi connectivity index (χ1n) is 12.2. The fourth-order valence-corrected chi connectivity index (χ4v) is 5.08. The van der Waals surface area contributed by atoms with Crippen LogP contribution in [0.4, 0.5) is 18.2 Å². The van der Waals surface area contributed by atoms with Gasteiger partial charge in [0.25, 0.3) is 11.8 Å². The average Bonchev–Trinajstić information content (AvgIpc) is 3.43. The van der Waals surface area contributed by atoms with Crippen molar-refractivity contribution in [2.45, 2.75) is 52.8 Å². The first-order valence-corrected chi connectivity index (χ1v) is 13.0. The van der Waals surface area contributed by atoms with Crippen molar-refractivity contribution in [1.82, 2.24) is 14.6 Å². The maximum atomic E-state index is 14.0. The van der Waals surface area contributed by atoms with E-state index >= 15 is 0 Å². The molecule has 0 saturated carbocycles. The monoisotopic (exact) mass is 573 g/mol. The number of carbonyl (C=O) groups excluding carboxylic acids is 3. The number of carbonyl (C=O) groups is 3. The van der Waals surface area contributed by atoms with Gasteiger partial charge in [-0.2, -0.15) is 18.3 Å². The summed E-state index contributed by atoms with van der Waals surface area (Å²) in [5.74, 6) is -2.28. The number of nitrogens with one attached hydrogen (secondary N) is 1. The number of rotatable bonds is 7. The summed E-state index contributed by atoms with van der Waals surface area (Å²) in [4.78, 5) is 42.4. The van der Waals surface area contributed by atoms with Crippen LogP contribution in [-0.2, 0) is 10.9 Å². The van der Waals surface area contributed by atoms with E-state index in [2.05, 4.69) is 15.4 Å². The Hall–Kier alpha value is -4.26. The fraction of sp³-hybridized carbons (Fsp3) is 0.296. The van der Waals surface area contributed by atoms with Gasteiger partial charge in [-0.05, 0) is 43.9 Å². The highest BCUT2D eigenvalue weighted by Gasteiger charge is 2.36. The molecule has 13 heteroatoms. The molecule has 40 heavy (non-hydrogen) atoms. The third-order valence-corrected chi connectivity index (χ3v) is 7.25. The minimum atomic E-state index is -4.80. The van der Waals surface area contributed by atoms with Gasteiger partial charge in [-0.25, -0.2) is 14.3 Å². The Morgan fingerprint density at radius 3 is 2.30 bits per heavy atom. The molecule has 0 saturated heterocycles. The van der Waals surface area contributed by atoms with Gasteiger partial charge in [0.2, 0.25) is 0 Å². The van der Waals surface area contributed by atoms with E-state index in [1.807, 2.05) is 13.8 Å². The van der Waals surface area contributed by atoms with Gasteiger partial charge in [-0.1, -0.05) is 38.1 Å². The molecule has 0 unspecified atom stereocenters.